The number of ether oxygens (including phenoxy) is 1. The zero-order valence-electron chi connectivity index (χ0n) is 21.2. The number of methoxy groups -OCH3 is 1. The number of anilines is 1. The van der Waals surface area contributed by atoms with Gasteiger partial charge in [0.2, 0.25) is 0 Å². The molecule has 1 aliphatic heterocycles. The van der Waals surface area contributed by atoms with Crippen LogP contribution in [0.2, 0.25) is 0 Å². The number of carbonyl (C=O) groups excluding carboxylic acids is 1. The molecule has 3 aromatic carbocycles. The second kappa shape index (κ2) is 10.2. The Morgan fingerprint density at radius 2 is 1.84 bits per heavy atom. The predicted octanol–water partition coefficient (Wildman–Crippen LogP) is 3.70. The van der Waals surface area contributed by atoms with Crippen LogP contribution >= 0.6 is 0 Å². The van der Waals surface area contributed by atoms with Crippen molar-refractivity contribution in [3.8, 4) is 11.4 Å². The van der Waals surface area contributed by atoms with Gasteiger partial charge in [0.05, 0.1) is 36.6 Å². The van der Waals surface area contributed by atoms with Crippen molar-refractivity contribution >= 4 is 22.4 Å². The summed E-state index contributed by atoms with van der Waals surface area (Å²) < 4.78 is 6.72. The van der Waals surface area contributed by atoms with Gasteiger partial charge in [-0.3, -0.25) is 9.59 Å². The van der Waals surface area contributed by atoms with Gasteiger partial charge in [-0.15, -0.1) is 0 Å². The number of hydrogen-bond acceptors (Lipinski definition) is 6. The van der Waals surface area contributed by atoms with E-state index in [1.807, 2.05) is 30.3 Å². The van der Waals surface area contributed by atoms with Crippen LogP contribution in [0.15, 0.2) is 89.9 Å². The molecule has 0 saturated heterocycles. The number of aliphatic hydroxyl groups excluding tert-OH is 1. The molecule has 2 N–H and O–H groups in total. The van der Waals surface area contributed by atoms with Crippen molar-refractivity contribution in [1.29, 1.82) is 0 Å². The number of aliphatic hydroxyl groups is 2. The summed E-state index contributed by atoms with van der Waals surface area (Å²) in [6.07, 6.45) is 5.62. The normalized spacial score (nSPS) is 17.8. The molecule has 0 aliphatic carbocycles. The van der Waals surface area contributed by atoms with Crippen LogP contribution in [0.1, 0.15) is 24.5 Å². The van der Waals surface area contributed by atoms with Crippen molar-refractivity contribution in [2.75, 3.05) is 18.6 Å². The molecule has 2 heterocycles. The Morgan fingerprint density at radius 1 is 1.08 bits per heavy atom. The lowest BCUT2D eigenvalue weighted by molar-refractivity contribution is -0.139. The number of rotatable bonds is 8. The Morgan fingerprint density at radius 3 is 2.58 bits per heavy atom. The van der Waals surface area contributed by atoms with Gasteiger partial charge in [0.1, 0.15) is 5.75 Å². The van der Waals surface area contributed by atoms with Gasteiger partial charge in [0.15, 0.2) is 5.60 Å². The van der Waals surface area contributed by atoms with E-state index in [0.717, 1.165) is 10.9 Å². The van der Waals surface area contributed by atoms with Crippen LogP contribution in [0.3, 0.4) is 0 Å². The van der Waals surface area contributed by atoms with Crippen molar-refractivity contribution in [2.45, 2.75) is 25.5 Å². The van der Waals surface area contributed by atoms with Crippen LogP contribution in [0.5, 0.6) is 5.75 Å². The topological polar surface area (TPSA) is 105 Å². The Hall–Kier alpha value is -4.27. The first-order valence-corrected chi connectivity index (χ1v) is 12.4. The highest BCUT2D eigenvalue weighted by atomic mass is 16.5. The second-order valence-electron chi connectivity index (χ2n) is 9.39. The van der Waals surface area contributed by atoms with E-state index in [9.17, 15) is 14.7 Å². The molecule has 8 nitrogen and oxygen atoms in total. The molecule has 8 heteroatoms. The molecule has 1 aromatic heterocycles. The minimum absolute atomic E-state index is 0.0109. The largest absolute Gasteiger partial charge is 0.497 e. The number of fused-ring (bicyclic) bond motifs is 2. The fourth-order valence-corrected chi connectivity index (χ4v) is 4.92. The average Bonchev–Trinajstić information content (AvgIpc) is 3.16. The lowest BCUT2D eigenvalue weighted by atomic mass is 9.83. The maximum absolute atomic E-state index is 13.7. The zero-order chi connectivity index (χ0) is 26.9. The van der Waals surface area contributed by atoms with Crippen molar-refractivity contribution in [1.82, 2.24) is 9.78 Å². The molecule has 0 saturated carbocycles. The van der Waals surface area contributed by atoms with Crippen LogP contribution in [0.25, 0.3) is 16.5 Å². The highest BCUT2D eigenvalue weighted by Crippen LogP contribution is 2.47. The summed E-state index contributed by atoms with van der Waals surface area (Å²) in [5, 5.41) is 26.5. The lowest BCUT2D eigenvalue weighted by Gasteiger charge is -2.27. The number of amides is 1. The highest BCUT2D eigenvalue weighted by Gasteiger charge is 2.52. The summed E-state index contributed by atoms with van der Waals surface area (Å²) in [6, 6.07) is 19.8. The van der Waals surface area contributed by atoms with Crippen molar-refractivity contribution in [2.24, 2.45) is 5.92 Å². The van der Waals surface area contributed by atoms with E-state index in [1.165, 1.54) is 11.8 Å². The zero-order valence-corrected chi connectivity index (χ0v) is 21.2. The van der Waals surface area contributed by atoms with Gasteiger partial charge in [-0.05, 0) is 48.4 Å². The average molecular weight is 512 g/mol. The Bertz CT molecular complexity index is 1580. The Kier molecular flexibility index (Phi) is 6.84. The number of nitrogens with zero attached hydrogens (tertiary/aromatic N) is 3. The Balaban J connectivity index is 1.46. The van der Waals surface area contributed by atoms with Gasteiger partial charge < -0.3 is 19.8 Å². The van der Waals surface area contributed by atoms with Gasteiger partial charge in [-0.25, -0.2) is 0 Å². The minimum atomic E-state index is -1.78. The first kappa shape index (κ1) is 25.4. The highest BCUT2D eigenvalue weighted by molar-refractivity contribution is 6.07. The standard InChI is InChI=1S/C30H29N3O5/c1-20(7-5-6-16-34)30(37)26-17-24(38-2)14-15-27(26)32(29(30)36)19-21-10-12-23(13-11-21)33-28(35)25-9-4-3-8-22(25)18-31-33/h3-5,7-15,17-18,20,34,37H,6,16,19H2,1-2H3/b7-5+/t20-,30+/m1/s1. The molecule has 0 spiro atoms. The van der Waals surface area contributed by atoms with Gasteiger partial charge in [-0.1, -0.05) is 49.4 Å². The third-order valence-corrected chi connectivity index (χ3v) is 7.07. The van der Waals surface area contributed by atoms with Gasteiger partial charge in [-0.2, -0.15) is 9.78 Å². The first-order chi connectivity index (χ1) is 18.4. The maximum Gasteiger partial charge on any atom is 0.279 e. The molecule has 0 bridgehead atoms. The molecule has 1 aliphatic rings. The van der Waals surface area contributed by atoms with Crippen LogP contribution in [0, 0.1) is 5.92 Å². The quantitative estimate of drug-likeness (QED) is 0.350. The molecule has 38 heavy (non-hydrogen) atoms. The monoisotopic (exact) mass is 511 g/mol. The summed E-state index contributed by atoms with van der Waals surface area (Å²) >= 11 is 0. The van der Waals surface area contributed by atoms with Crippen LogP contribution in [0.4, 0.5) is 5.69 Å². The van der Waals surface area contributed by atoms with Gasteiger partial charge >= 0.3 is 0 Å². The second-order valence-corrected chi connectivity index (χ2v) is 9.39. The van der Waals surface area contributed by atoms with E-state index in [2.05, 4.69) is 5.10 Å². The van der Waals surface area contributed by atoms with Crippen LogP contribution in [-0.2, 0) is 16.9 Å². The number of aromatic nitrogens is 2. The minimum Gasteiger partial charge on any atom is -0.497 e. The fourth-order valence-electron chi connectivity index (χ4n) is 4.92. The van der Waals surface area contributed by atoms with Gasteiger partial charge in [0.25, 0.3) is 11.5 Å². The summed E-state index contributed by atoms with van der Waals surface area (Å²) in [6.45, 7) is 2.00. The van der Waals surface area contributed by atoms with E-state index in [1.54, 1.807) is 66.6 Å². The van der Waals surface area contributed by atoms with Crippen molar-refractivity contribution in [3.63, 3.8) is 0 Å². The van der Waals surface area contributed by atoms with Crippen molar-refractivity contribution < 1.29 is 19.7 Å². The summed E-state index contributed by atoms with van der Waals surface area (Å²) in [4.78, 5) is 28.2. The van der Waals surface area contributed by atoms with E-state index in [4.69, 9.17) is 9.84 Å². The number of benzene rings is 3. The predicted molar refractivity (Wildman–Crippen MR) is 145 cm³/mol. The third kappa shape index (κ3) is 4.27. The molecule has 5 rings (SSSR count). The lowest BCUT2D eigenvalue weighted by Crippen LogP contribution is -2.44. The molecule has 4 aromatic rings. The van der Waals surface area contributed by atoms with E-state index >= 15 is 0 Å². The van der Waals surface area contributed by atoms with Gasteiger partial charge in [0, 0.05) is 23.5 Å². The SMILES string of the molecule is COc1ccc2c(c1)[C@@](O)([C@H](C)/C=C/CCO)C(=O)N2Cc1ccc(-n2ncc3ccccc3c2=O)cc1. The van der Waals surface area contributed by atoms with E-state index in [0.29, 0.717) is 34.5 Å². The smallest absolute Gasteiger partial charge is 0.279 e. The van der Waals surface area contributed by atoms with Crippen LogP contribution < -0.4 is 15.2 Å². The molecule has 0 fully saturated rings. The summed E-state index contributed by atoms with van der Waals surface area (Å²) in [5.74, 6) is -0.426. The first-order valence-electron chi connectivity index (χ1n) is 12.4. The number of hydrogen-bond donors (Lipinski definition) is 2. The summed E-state index contributed by atoms with van der Waals surface area (Å²) in [7, 11) is 1.54. The Labute approximate surface area is 220 Å². The third-order valence-electron chi connectivity index (χ3n) is 7.07. The maximum atomic E-state index is 13.7. The molecule has 1 amide bonds. The molecule has 0 unspecified atom stereocenters. The molecule has 2 atom stereocenters. The summed E-state index contributed by atoms with van der Waals surface area (Å²) in [5.41, 5.74) is 0.537. The molecular weight excluding hydrogens is 482 g/mol. The van der Waals surface area contributed by atoms with Crippen molar-refractivity contribution in [3.05, 3.63) is 107 Å². The molecular formula is C30H29N3O5. The van der Waals surface area contributed by atoms with E-state index < -0.39 is 17.4 Å². The molecule has 0 radical (unpaired) electrons. The van der Waals surface area contributed by atoms with Crippen LogP contribution in [-0.4, -0.2) is 39.6 Å². The van der Waals surface area contributed by atoms with E-state index in [-0.39, 0.29) is 18.7 Å². The fraction of sp³-hybridized carbons (Fsp3) is 0.233. The molecule has 194 valence electrons. The number of carbonyl (C=O) groups is 1.